The molecule has 2 N–H and O–H groups in total. The van der Waals surface area contributed by atoms with Crippen LogP contribution < -0.4 is 5.56 Å². The zero-order valence-corrected chi connectivity index (χ0v) is 12.1. The number of aromatic nitrogens is 2. The van der Waals surface area contributed by atoms with Crippen LogP contribution in [-0.2, 0) is 16.1 Å². The molecule has 7 nitrogen and oxygen atoms in total. The molecule has 0 spiro atoms. The van der Waals surface area contributed by atoms with Gasteiger partial charge in [-0.2, -0.15) is 0 Å². The van der Waals surface area contributed by atoms with Gasteiger partial charge in [-0.1, -0.05) is 0 Å². The monoisotopic (exact) mass is 309 g/mol. The Kier molecular flexibility index (Phi) is 4.00. The van der Waals surface area contributed by atoms with Crippen LogP contribution in [0.2, 0.25) is 0 Å². The number of ether oxygens (including phenoxy) is 1. The number of hydrogen-bond acceptors (Lipinski definition) is 6. The molecule has 2 aromatic heterocycles. The van der Waals surface area contributed by atoms with Crippen LogP contribution in [0, 0.1) is 0 Å². The van der Waals surface area contributed by atoms with Crippen LogP contribution in [0.4, 0.5) is 0 Å². The lowest BCUT2D eigenvalue weighted by Crippen LogP contribution is -2.43. The Hall–Kier alpha value is -1.77. The first-order valence-corrected chi connectivity index (χ1v) is 7.52. The summed E-state index contributed by atoms with van der Waals surface area (Å²) in [6.45, 7) is 2.20. The highest BCUT2D eigenvalue weighted by molar-refractivity contribution is 7.17. The lowest BCUT2D eigenvalue weighted by molar-refractivity contribution is -0.142. The summed E-state index contributed by atoms with van der Waals surface area (Å²) in [5.41, 5.74) is 0.578. The van der Waals surface area contributed by atoms with Gasteiger partial charge >= 0.3 is 5.97 Å². The number of carboxylic acid groups (broad SMARTS) is 1. The molecule has 112 valence electrons. The lowest BCUT2D eigenvalue weighted by atomic mass is 10.2. The number of H-pyrrole nitrogens is 1. The van der Waals surface area contributed by atoms with E-state index in [9.17, 15) is 9.59 Å². The molecule has 0 aliphatic carbocycles. The number of hydrogen-bond donors (Lipinski definition) is 2. The van der Waals surface area contributed by atoms with Crippen molar-refractivity contribution in [3.05, 3.63) is 27.6 Å². The van der Waals surface area contributed by atoms with Gasteiger partial charge in [0.25, 0.3) is 5.56 Å². The zero-order valence-electron chi connectivity index (χ0n) is 11.2. The number of carboxylic acids is 1. The largest absolute Gasteiger partial charge is 0.481 e. The first-order valence-electron chi connectivity index (χ1n) is 6.64. The van der Waals surface area contributed by atoms with E-state index in [1.807, 2.05) is 16.3 Å². The smallest absolute Gasteiger partial charge is 0.306 e. The number of fused-ring (bicyclic) bond motifs is 1. The van der Waals surface area contributed by atoms with Gasteiger partial charge < -0.3 is 14.8 Å². The van der Waals surface area contributed by atoms with E-state index in [2.05, 4.69) is 9.97 Å². The Bertz CT molecular complexity index is 711. The van der Waals surface area contributed by atoms with Crippen molar-refractivity contribution in [3.63, 3.8) is 0 Å². The Morgan fingerprint density at radius 3 is 3.29 bits per heavy atom. The van der Waals surface area contributed by atoms with Crippen LogP contribution in [0.3, 0.4) is 0 Å². The first kappa shape index (κ1) is 14.2. The highest BCUT2D eigenvalue weighted by atomic mass is 32.1. The summed E-state index contributed by atoms with van der Waals surface area (Å²) in [5, 5.41) is 10.7. The Balaban J connectivity index is 1.72. The zero-order chi connectivity index (χ0) is 14.8. The van der Waals surface area contributed by atoms with Gasteiger partial charge in [-0.15, -0.1) is 11.3 Å². The third kappa shape index (κ3) is 3.29. The molecule has 0 bridgehead atoms. The van der Waals surface area contributed by atoms with Gasteiger partial charge in [-0.25, -0.2) is 4.98 Å². The summed E-state index contributed by atoms with van der Waals surface area (Å²) >= 11 is 1.37. The molecule has 1 unspecified atom stereocenters. The third-order valence-corrected chi connectivity index (χ3v) is 4.26. The molecule has 0 saturated carbocycles. The minimum Gasteiger partial charge on any atom is -0.481 e. The second-order valence-electron chi connectivity index (χ2n) is 4.97. The molecule has 0 aromatic carbocycles. The molecule has 21 heavy (non-hydrogen) atoms. The maximum atomic E-state index is 11.9. The molecule has 1 aliphatic heterocycles. The predicted molar refractivity (Wildman–Crippen MR) is 77.5 cm³/mol. The van der Waals surface area contributed by atoms with E-state index < -0.39 is 5.97 Å². The summed E-state index contributed by atoms with van der Waals surface area (Å²) in [4.78, 5) is 31.9. The number of rotatable bonds is 4. The van der Waals surface area contributed by atoms with Gasteiger partial charge in [0.1, 0.15) is 10.5 Å². The van der Waals surface area contributed by atoms with Gasteiger partial charge in [0.2, 0.25) is 0 Å². The summed E-state index contributed by atoms with van der Waals surface area (Å²) in [6.07, 6.45) is -0.322. The molecular weight excluding hydrogens is 294 g/mol. The van der Waals surface area contributed by atoms with Gasteiger partial charge in [0.15, 0.2) is 0 Å². The average Bonchev–Trinajstić information content (AvgIpc) is 2.87. The van der Waals surface area contributed by atoms with E-state index in [4.69, 9.17) is 9.84 Å². The lowest BCUT2D eigenvalue weighted by Gasteiger charge is -2.31. The van der Waals surface area contributed by atoms with Crippen LogP contribution in [0.5, 0.6) is 0 Å². The van der Waals surface area contributed by atoms with Crippen molar-refractivity contribution in [2.24, 2.45) is 0 Å². The standard InChI is InChI=1S/C13H15N3O4S/c17-11(18)5-8-6-16(2-3-20-8)7-10-14-9-1-4-21-12(9)13(19)15-10/h1,4,8H,2-3,5-7H2,(H,17,18)(H,14,15,19). The quantitative estimate of drug-likeness (QED) is 0.861. The highest BCUT2D eigenvalue weighted by Crippen LogP contribution is 2.15. The number of nitrogens with one attached hydrogen (secondary N) is 1. The van der Waals surface area contributed by atoms with Crippen LogP contribution in [0.15, 0.2) is 16.2 Å². The molecule has 3 heterocycles. The second-order valence-corrected chi connectivity index (χ2v) is 5.89. The summed E-state index contributed by atoms with van der Waals surface area (Å²) in [5.74, 6) is -0.269. The normalized spacial score (nSPS) is 19.9. The van der Waals surface area contributed by atoms with Crippen LogP contribution in [-0.4, -0.2) is 51.7 Å². The molecular formula is C13H15N3O4S. The van der Waals surface area contributed by atoms with Gasteiger partial charge in [-0.3, -0.25) is 14.5 Å². The fraction of sp³-hybridized carbons (Fsp3) is 0.462. The molecule has 1 atom stereocenters. The molecule has 0 amide bonds. The van der Waals surface area contributed by atoms with Crippen molar-refractivity contribution in [2.45, 2.75) is 19.1 Å². The maximum Gasteiger partial charge on any atom is 0.306 e. The number of aromatic amines is 1. The fourth-order valence-electron chi connectivity index (χ4n) is 2.45. The molecule has 8 heteroatoms. The van der Waals surface area contributed by atoms with Crippen LogP contribution >= 0.6 is 11.3 Å². The average molecular weight is 309 g/mol. The molecule has 3 rings (SSSR count). The van der Waals surface area contributed by atoms with E-state index in [0.717, 1.165) is 0 Å². The molecule has 2 aromatic rings. The Morgan fingerprint density at radius 1 is 1.62 bits per heavy atom. The van der Waals surface area contributed by atoms with Crippen LogP contribution in [0.25, 0.3) is 10.2 Å². The van der Waals surface area contributed by atoms with Crippen molar-refractivity contribution in [1.29, 1.82) is 0 Å². The predicted octanol–water partition coefficient (Wildman–Crippen LogP) is 0.660. The van der Waals surface area contributed by atoms with Gasteiger partial charge in [-0.05, 0) is 11.4 Å². The third-order valence-electron chi connectivity index (χ3n) is 3.36. The fourth-order valence-corrected chi connectivity index (χ4v) is 3.18. The topological polar surface area (TPSA) is 95.5 Å². The maximum absolute atomic E-state index is 11.9. The SMILES string of the molecule is O=C(O)CC1CN(Cc2nc3ccsc3c(=O)[nH]2)CCO1. The summed E-state index contributed by atoms with van der Waals surface area (Å²) in [6, 6.07) is 1.82. The molecule has 1 saturated heterocycles. The minimum atomic E-state index is -0.868. The Morgan fingerprint density at radius 2 is 2.48 bits per heavy atom. The van der Waals surface area contributed by atoms with E-state index in [1.54, 1.807) is 0 Å². The number of carbonyl (C=O) groups is 1. The van der Waals surface area contributed by atoms with Gasteiger partial charge in [0, 0.05) is 13.1 Å². The summed E-state index contributed by atoms with van der Waals surface area (Å²) < 4.78 is 6.05. The second kappa shape index (κ2) is 5.92. The molecule has 1 fully saturated rings. The highest BCUT2D eigenvalue weighted by Gasteiger charge is 2.23. The number of thiophene rings is 1. The van der Waals surface area contributed by atoms with E-state index in [0.29, 0.717) is 42.3 Å². The Labute approximate surface area is 124 Å². The number of morpholine rings is 1. The molecule has 0 radical (unpaired) electrons. The van der Waals surface area contributed by atoms with Crippen molar-refractivity contribution >= 4 is 27.5 Å². The number of nitrogens with zero attached hydrogens (tertiary/aromatic N) is 2. The van der Waals surface area contributed by atoms with Crippen LogP contribution in [0.1, 0.15) is 12.2 Å². The van der Waals surface area contributed by atoms with Crippen molar-refractivity contribution in [2.75, 3.05) is 19.7 Å². The van der Waals surface area contributed by atoms with E-state index in [-0.39, 0.29) is 18.1 Å². The van der Waals surface area contributed by atoms with Gasteiger partial charge in [0.05, 0.1) is 31.2 Å². The van der Waals surface area contributed by atoms with E-state index in [1.165, 1.54) is 11.3 Å². The minimum absolute atomic E-state index is 0.00991. The van der Waals surface area contributed by atoms with Crippen molar-refractivity contribution in [1.82, 2.24) is 14.9 Å². The first-order chi connectivity index (χ1) is 10.1. The summed E-state index contributed by atoms with van der Waals surface area (Å²) in [7, 11) is 0. The van der Waals surface area contributed by atoms with Crippen molar-refractivity contribution < 1.29 is 14.6 Å². The molecule has 1 aliphatic rings. The number of aliphatic carboxylic acids is 1. The van der Waals surface area contributed by atoms with E-state index >= 15 is 0 Å². The van der Waals surface area contributed by atoms with Crippen molar-refractivity contribution in [3.8, 4) is 0 Å².